The van der Waals surface area contributed by atoms with Crippen LogP contribution in [0.15, 0.2) is 54.6 Å². The van der Waals surface area contributed by atoms with E-state index in [-0.39, 0.29) is 17.1 Å². The highest BCUT2D eigenvalue weighted by atomic mass is 19.4. The van der Waals surface area contributed by atoms with Crippen LogP contribution in [0.2, 0.25) is 0 Å². The topological polar surface area (TPSA) is 9.23 Å². The number of ether oxygens (including phenoxy) is 1. The number of alkyl halides is 3. The lowest BCUT2D eigenvalue weighted by Gasteiger charge is -2.32. The molecule has 0 N–H and O–H groups in total. The van der Waals surface area contributed by atoms with Gasteiger partial charge in [-0.05, 0) is 28.7 Å². The maximum absolute atomic E-state index is 12.2. The SMILES string of the molecule is CC(C)(C)[C@H](c1ccccc1)c1ccc(OC(F)(F)F)cc1. The van der Waals surface area contributed by atoms with E-state index in [2.05, 4.69) is 25.5 Å². The van der Waals surface area contributed by atoms with Crippen molar-refractivity contribution < 1.29 is 17.9 Å². The molecule has 2 aromatic rings. The Balaban J connectivity index is 2.34. The molecule has 1 atom stereocenters. The normalized spacial score (nSPS) is 13.7. The van der Waals surface area contributed by atoms with Crippen LogP contribution in [0.1, 0.15) is 37.8 Å². The Kier molecular flexibility index (Phi) is 4.50. The molecule has 1 nitrogen and oxygen atoms in total. The quantitative estimate of drug-likeness (QED) is 0.700. The third-order valence-electron chi connectivity index (χ3n) is 3.45. The summed E-state index contributed by atoms with van der Waals surface area (Å²) >= 11 is 0. The molecule has 0 saturated carbocycles. The first kappa shape index (κ1) is 16.4. The molecule has 0 fully saturated rings. The minimum Gasteiger partial charge on any atom is -0.406 e. The van der Waals surface area contributed by atoms with E-state index in [4.69, 9.17) is 0 Å². The first-order valence-corrected chi connectivity index (χ1v) is 7.07. The van der Waals surface area contributed by atoms with Crippen LogP contribution >= 0.6 is 0 Å². The lowest BCUT2D eigenvalue weighted by molar-refractivity contribution is -0.274. The fraction of sp³-hybridized carbons (Fsp3) is 0.333. The van der Waals surface area contributed by atoms with Crippen LogP contribution in [0.5, 0.6) is 5.75 Å². The molecule has 0 heterocycles. The summed E-state index contributed by atoms with van der Waals surface area (Å²) in [4.78, 5) is 0. The third-order valence-corrected chi connectivity index (χ3v) is 3.45. The number of hydrogen-bond donors (Lipinski definition) is 0. The third kappa shape index (κ3) is 4.26. The van der Waals surface area contributed by atoms with Crippen LogP contribution in [0.4, 0.5) is 13.2 Å². The molecule has 0 bridgehead atoms. The van der Waals surface area contributed by atoms with Crippen molar-refractivity contribution >= 4 is 0 Å². The fourth-order valence-electron chi connectivity index (χ4n) is 2.70. The second-order valence-electron chi connectivity index (χ2n) is 6.33. The highest BCUT2D eigenvalue weighted by Gasteiger charge is 2.32. The second kappa shape index (κ2) is 6.03. The molecule has 4 heteroatoms. The summed E-state index contributed by atoms with van der Waals surface area (Å²) < 4.78 is 40.6. The Labute approximate surface area is 128 Å². The average Bonchev–Trinajstić information content (AvgIpc) is 2.39. The minimum atomic E-state index is -4.66. The Hall–Kier alpha value is -1.97. The van der Waals surface area contributed by atoms with Crippen molar-refractivity contribution in [2.45, 2.75) is 33.1 Å². The fourth-order valence-corrected chi connectivity index (χ4v) is 2.70. The van der Waals surface area contributed by atoms with E-state index >= 15 is 0 Å². The molecule has 0 amide bonds. The standard InChI is InChI=1S/C18H19F3O/c1-17(2,3)16(13-7-5-4-6-8-13)14-9-11-15(12-10-14)22-18(19,20)21/h4-12,16H,1-3H3/t16-/m1/s1. The lowest BCUT2D eigenvalue weighted by atomic mass is 9.72. The van der Waals surface area contributed by atoms with Crippen molar-refractivity contribution in [3.63, 3.8) is 0 Å². The van der Waals surface area contributed by atoms with Gasteiger partial charge in [0.25, 0.3) is 0 Å². The molecule has 0 aliphatic heterocycles. The van der Waals surface area contributed by atoms with Crippen LogP contribution in [-0.2, 0) is 0 Å². The van der Waals surface area contributed by atoms with Gasteiger partial charge in [-0.1, -0.05) is 63.2 Å². The zero-order chi connectivity index (χ0) is 16.4. The van der Waals surface area contributed by atoms with Crippen LogP contribution in [-0.4, -0.2) is 6.36 Å². The summed E-state index contributed by atoms with van der Waals surface area (Å²) in [5.74, 6) is -0.106. The van der Waals surface area contributed by atoms with Gasteiger partial charge < -0.3 is 4.74 Å². The van der Waals surface area contributed by atoms with Crippen molar-refractivity contribution in [3.8, 4) is 5.75 Å². The molecule has 0 radical (unpaired) electrons. The van der Waals surface area contributed by atoms with Gasteiger partial charge in [0.2, 0.25) is 0 Å². The van der Waals surface area contributed by atoms with Crippen LogP contribution in [0, 0.1) is 5.41 Å². The molecule has 0 aromatic heterocycles. The van der Waals surface area contributed by atoms with Crippen molar-refractivity contribution in [1.29, 1.82) is 0 Å². The summed E-state index contributed by atoms with van der Waals surface area (Å²) in [7, 11) is 0. The number of rotatable bonds is 3. The van der Waals surface area contributed by atoms with Crippen molar-refractivity contribution in [3.05, 3.63) is 65.7 Å². The summed E-state index contributed by atoms with van der Waals surface area (Å²) in [5, 5.41) is 0. The Morgan fingerprint density at radius 3 is 1.73 bits per heavy atom. The van der Waals surface area contributed by atoms with Gasteiger partial charge in [0.1, 0.15) is 5.75 Å². The molecule has 0 spiro atoms. The maximum atomic E-state index is 12.2. The van der Waals surface area contributed by atoms with Gasteiger partial charge in [-0.2, -0.15) is 0 Å². The summed E-state index contributed by atoms with van der Waals surface area (Å²) in [6.45, 7) is 6.35. The number of benzene rings is 2. The molecule has 2 aromatic carbocycles. The first-order valence-electron chi connectivity index (χ1n) is 7.07. The predicted octanol–water partition coefficient (Wildman–Crippen LogP) is 5.76. The highest BCUT2D eigenvalue weighted by Crippen LogP contribution is 2.41. The molecule has 0 aliphatic carbocycles. The number of halogens is 3. The molecule has 0 saturated heterocycles. The van der Waals surface area contributed by atoms with E-state index < -0.39 is 6.36 Å². The van der Waals surface area contributed by atoms with Crippen molar-refractivity contribution in [2.75, 3.05) is 0 Å². The Morgan fingerprint density at radius 1 is 0.773 bits per heavy atom. The number of hydrogen-bond acceptors (Lipinski definition) is 1. The highest BCUT2D eigenvalue weighted by molar-refractivity contribution is 5.37. The smallest absolute Gasteiger partial charge is 0.406 e. The molecule has 118 valence electrons. The average molecular weight is 308 g/mol. The zero-order valence-corrected chi connectivity index (χ0v) is 12.8. The van der Waals surface area contributed by atoms with Gasteiger partial charge >= 0.3 is 6.36 Å². The lowest BCUT2D eigenvalue weighted by Crippen LogP contribution is -2.20. The van der Waals surface area contributed by atoms with Crippen LogP contribution < -0.4 is 4.74 Å². The van der Waals surface area contributed by atoms with E-state index in [9.17, 15) is 13.2 Å². The molecule has 0 aliphatic rings. The largest absolute Gasteiger partial charge is 0.573 e. The maximum Gasteiger partial charge on any atom is 0.573 e. The Bertz CT molecular complexity index is 595. The van der Waals surface area contributed by atoms with E-state index in [1.165, 1.54) is 12.1 Å². The van der Waals surface area contributed by atoms with Gasteiger partial charge in [0.05, 0.1) is 0 Å². The molecule has 0 unspecified atom stereocenters. The summed E-state index contributed by atoms with van der Waals surface area (Å²) in [5.41, 5.74) is 2.04. The van der Waals surface area contributed by atoms with Crippen molar-refractivity contribution in [2.24, 2.45) is 5.41 Å². The Morgan fingerprint density at radius 2 is 1.27 bits per heavy atom. The second-order valence-corrected chi connectivity index (χ2v) is 6.33. The van der Waals surface area contributed by atoms with Crippen LogP contribution in [0.25, 0.3) is 0 Å². The van der Waals surface area contributed by atoms with Crippen LogP contribution in [0.3, 0.4) is 0 Å². The van der Waals surface area contributed by atoms with Gasteiger partial charge in [0, 0.05) is 5.92 Å². The van der Waals surface area contributed by atoms with Gasteiger partial charge in [0.15, 0.2) is 0 Å². The molecule has 2 rings (SSSR count). The van der Waals surface area contributed by atoms with E-state index in [0.29, 0.717) is 0 Å². The molecular formula is C18H19F3O. The first-order chi connectivity index (χ1) is 10.2. The van der Waals surface area contributed by atoms with E-state index in [1.54, 1.807) is 12.1 Å². The van der Waals surface area contributed by atoms with Gasteiger partial charge in [-0.25, -0.2) is 0 Å². The van der Waals surface area contributed by atoms with Crippen molar-refractivity contribution in [1.82, 2.24) is 0 Å². The molecule has 22 heavy (non-hydrogen) atoms. The predicted molar refractivity (Wildman–Crippen MR) is 80.9 cm³/mol. The monoisotopic (exact) mass is 308 g/mol. The zero-order valence-electron chi connectivity index (χ0n) is 12.8. The summed E-state index contributed by atoms with van der Waals surface area (Å²) in [6, 6.07) is 16.1. The summed E-state index contributed by atoms with van der Waals surface area (Å²) in [6.07, 6.45) is -4.66. The molecular weight excluding hydrogens is 289 g/mol. The minimum absolute atomic E-state index is 0.0618. The van der Waals surface area contributed by atoms with E-state index in [0.717, 1.165) is 11.1 Å². The van der Waals surface area contributed by atoms with Gasteiger partial charge in [-0.15, -0.1) is 13.2 Å². The van der Waals surface area contributed by atoms with Gasteiger partial charge in [-0.3, -0.25) is 0 Å². The van der Waals surface area contributed by atoms with E-state index in [1.807, 2.05) is 30.3 Å².